The fourth-order valence-corrected chi connectivity index (χ4v) is 2.98. The van der Waals surface area contributed by atoms with E-state index in [9.17, 15) is 4.79 Å². The van der Waals surface area contributed by atoms with E-state index in [1.165, 1.54) is 0 Å². The molecule has 5 heteroatoms. The number of carbonyl (C=O) groups excluding carboxylic acids is 1. The van der Waals surface area contributed by atoms with Gasteiger partial charge in [-0.25, -0.2) is 0 Å². The molecule has 1 N–H and O–H groups in total. The number of carbonyl (C=O) groups is 1. The molecule has 0 heterocycles. The molecule has 1 amide bonds. The first-order valence-electron chi connectivity index (χ1n) is 6.59. The summed E-state index contributed by atoms with van der Waals surface area (Å²) in [5, 5.41) is 2.87. The van der Waals surface area contributed by atoms with Crippen molar-refractivity contribution in [1.82, 2.24) is 0 Å². The van der Waals surface area contributed by atoms with Crippen LogP contribution in [0.2, 0.25) is 0 Å². The average molecular weight is 413 g/mol. The molecule has 0 bridgehead atoms. The van der Waals surface area contributed by atoms with E-state index in [1.807, 2.05) is 36.4 Å². The molecule has 2 aromatic rings. The topological polar surface area (TPSA) is 38.3 Å². The average Bonchev–Trinajstić information content (AvgIpc) is 2.45. The minimum atomic E-state index is -0.165. The van der Waals surface area contributed by atoms with Gasteiger partial charge in [0.2, 0.25) is 0 Å². The van der Waals surface area contributed by atoms with Crippen LogP contribution in [0.15, 0.2) is 51.4 Å². The highest BCUT2D eigenvalue weighted by Crippen LogP contribution is 2.24. The van der Waals surface area contributed by atoms with Crippen LogP contribution in [0.4, 0.5) is 5.69 Å². The van der Waals surface area contributed by atoms with Gasteiger partial charge >= 0.3 is 0 Å². The summed E-state index contributed by atoms with van der Waals surface area (Å²) in [5.74, 6) is 0.589. The molecule has 0 radical (unpaired) electrons. The molecule has 21 heavy (non-hydrogen) atoms. The van der Waals surface area contributed by atoms with Gasteiger partial charge in [0.15, 0.2) is 0 Å². The molecule has 0 aliphatic carbocycles. The summed E-state index contributed by atoms with van der Waals surface area (Å²) in [6.07, 6.45) is 0.947. The van der Waals surface area contributed by atoms with Gasteiger partial charge in [-0.1, -0.05) is 28.9 Å². The second-order valence-corrected chi connectivity index (χ2v) is 6.22. The molecule has 0 unspecified atom stereocenters. The molecule has 0 aliphatic heterocycles. The Morgan fingerprint density at radius 1 is 1.19 bits per heavy atom. The van der Waals surface area contributed by atoms with Gasteiger partial charge in [0.1, 0.15) is 5.75 Å². The number of hydrogen-bond donors (Lipinski definition) is 1. The van der Waals surface area contributed by atoms with Crippen molar-refractivity contribution in [1.29, 1.82) is 0 Å². The maximum absolute atomic E-state index is 12.3. The number of halogens is 2. The van der Waals surface area contributed by atoms with E-state index in [2.05, 4.69) is 44.1 Å². The van der Waals surface area contributed by atoms with Crippen molar-refractivity contribution in [3.8, 4) is 5.75 Å². The molecule has 0 saturated heterocycles. The lowest BCUT2D eigenvalue weighted by molar-refractivity contribution is 0.102. The summed E-state index contributed by atoms with van der Waals surface area (Å²) in [4.78, 5) is 12.3. The lowest BCUT2D eigenvalue weighted by Gasteiger charge is -2.09. The normalized spacial score (nSPS) is 10.2. The van der Waals surface area contributed by atoms with Crippen LogP contribution in [-0.4, -0.2) is 12.5 Å². The maximum Gasteiger partial charge on any atom is 0.256 e. The highest BCUT2D eigenvalue weighted by molar-refractivity contribution is 9.11. The first kappa shape index (κ1) is 16.0. The first-order valence-corrected chi connectivity index (χ1v) is 8.18. The van der Waals surface area contributed by atoms with E-state index < -0.39 is 0 Å². The summed E-state index contributed by atoms with van der Waals surface area (Å²) < 4.78 is 7.22. The predicted molar refractivity (Wildman–Crippen MR) is 92.0 cm³/mol. The summed E-state index contributed by atoms with van der Waals surface area (Å²) in [5.41, 5.74) is 1.29. The summed E-state index contributed by atoms with van der Waals surface area (Å²) in [6, 6.07) is 12.8. The molecule has 2 aromatic carbocycles. The van der Waals surface area contributed by atoms with Crippen molar-refractivity contribution < 1.29 is 9.53 Å². The first-order chi connectivity index (χ1) is 10.1. The third-order valence-electron chi connectivity index (χ3n) is 2.74. The molecule has 0 aliphatic rings. The zero-order chi connectivity index (χ0) is 15.2. The van der Waals surface area contributed by atoms with E-state index in [0.29, 0.717) is 17.9 Å². The molecule has 0 atom stereocenters. The molecular formula is C16H15Br2NO2. The minimum absolute atomic E-state index is 0.165. The summed E-state index contributed by atoms with van der Waals surface area (Å²) in [7, 11) is 0. The molecule has 0 fully saturated rings. The second-order valence-electron chi connectivity index (χ2n) is 4.45. The Kier molecular flexibility index (Phi) is 5.82. The number of amides is 1. The van der Waals surface area contributed by atoms with Gasteiger partial charge in [-0.2, -0.15) is 0 Å². The molecule has 0 saturated carbocycles. The predicted octanol–water partition coefficient (Wildman–Crippen LogP) is 5.25. The molecule has 2 rings (SSSR count). The van der Waals surface area contributed by atoms with Gasteiger partial charge in [-0.15, -0.1) is 0 Å². The molecule has 3 nitrogen and oxygen atoms in total. The zero-order valence-electron chi connectivity index (χ0n) is 11.5. The molecule has 110 valence electrons. The largest absolute Gasteiger partial charge is 0.494 e. The van der Waals surface area contributed by atoms with Gasteiger partial charge in [-0.05, 0) is 52.7 Å². The van der Waals surface area contributed by atoms with Crippen LogP contribution in [0.5, 0.6) is 5.75 Å². The lowest BCUT2D eigenvalue weighted by atomic mass is 10.2. The number of benzene rings is 2. The number of hydrogen-bond acceptors (Lipinski definition) is 2. The van der Waals surface area contributed by atoms with E-state index in [-0.39, 0.29) is 5.91 Å². The number of nitrogens with one attached hydrogen (secondary N) is 1. The van der Waals surface area contributed by atoms with Crippen LogP contribution in [-0.2, 0) is 0 Å². The summed E-state index contributed by atoms with van der Waals surface area (Å²) >= 11 is 6.76. The monoisotopic (exact) mass is 411 g/mol. The molecular weight excluding hydrogens is 398 g/mol. The van der Waals surface area contributed by atoms with Crippen molar-refractivity contribution in [2.45, 2.75) is 13.3 Å². The smallest absolute Gasteiger partial charge is 0.256 e. The van der Waals surface area contributed by atoms with Crippen LogP contribution in [0.1, 0.15) is 23.7 Å². The fraction of sp³-hybridized carbons (Fsp3) is 0.188. The SMILES string of the molecule is CCCOc1cccc(NC(=O)c2ccc(Br)cc2Br)c1. The van der Waals surface area contributed by atoms with Crippen LogP contribution in [0.3, 0.4) is 0 Å². The van der Waals surface area contributed by atoms with Crippen molar-refractivity contribution in [3.63, 3.8) is 0 Å². The van der Waals surface area contributed by atoms with Crippen molar-refractivity contribution in [2.75, 3.05) is 11.9 Å². The third kappa shape index (κ3) is 4.58. The Balaban J connectivity index is 2.12. The lowest BCUT2D eigenvalue weighted by Crippen LogP contribution is -2.12. The Hall–Kier alpha value is -1.33. The quantitative estimate of drug-likeness (QED) is 0.727. The third-order valence-corrected chi connectivity index (χ3v) is 3.89. The second kappa shape index (κ2) is 7.61. The van der Waals surface area contributed by atoms with E-state index in [1.54, 1.807) is 6.07 Å². The van der Waals surface area contributed by atoms with Crippen molar-refractivity contribution in [2.24, 2.45) is 0 Å². The standard InChI is InChI=1S/C16H15Br2NO2/c1-2-8-21-13-5-3-4-12(10-13)19-16(20)14-7-6-11(17)9-15(14)18/h3-7,9-10H,2,8H2,1H3,(H,19,20). The van der Waals surface area contributed by atoms with Gasteiger partial charge < -0.3 is 10.1 Å². The van der Waals surface area contributed by atoms with E-state index in [0.717, 1.165) is 21.1 Å². The van der Waals surface area contributed by atoms with Gasteiger partial charge in [0.05, 0.1) is 12.2 Å². The van der Waals surface area contributed by atoms with E-state index >= 15 is 0 Å². The number of anilines is 1. The van der Waals surface area contributed by atoms with Crippen LogP contribution in [0.25, 0.3) is 0 Å². The Morgan fingerprint density at radius 3 is 2.71 bits per heavy atom. The maximum atomic E-state index is 12.3. The summed E-state index contributed by atoms with van der Waals surface area (Å²) in [6.45, 7) is 2.71. The van der Waals surface area contributed by atoms with Gasteiger partial charge in [-0.3, -0.25) is 4.79 Å². The van der Waals surface area contributed by atoms with Gasteiger partial charge in [0, 0.05) is 20.7 Å². The zero-order valence-corrected chi connectivity index (χ0v) is 14.7. The Bertz CT molecular complexity index is 644. The van der Waals surface area contributed by atoms with E-state index in [4.69, 9.17) is 4.74 Å². The fourth-order valence-electron chi connectivity index (χ4n) is 1.76. The minimum Gasteiger partial charge on any atom is -0.494 e. The highest BCUT2D eigenvalue weighted by Gasteiger charge is 2.10. The number of ether oxygens (including phenoxy) is 1. The van der Waals surface area contributed by atoms with Crippen molar-refractivity contribution >= 4 is 43.5 Å². The van der Waals surface area contributed by atoms with Crippen molar-refractivity contribution in [3.05, 3.63) is 57.0 Å². The van der Waals surface area contributed by atoms with Crippen LogP contribution in [0, 0.1) is 0 Å². The molecule has 0 aromatic heterocycles. The Morgan fingerprint density at radius 2 is 2.00 bits per heavy atom. The molecule has 0 spiro atoms. The number of rotatable bonds is 5. The Labute approximate surface area is 141 Å². The van der Waals surface area contributed by atoms with Crippen LogP contribution < -0.4 is 10.1 Å². The van der Waals surface area contributed by atoms with Gasteiger partial charge in [0.25, 0.3) is 5.91 Å². The van der Waals surface area contributed by atoms with Crippen LogP contribution >= 0.6 is 31.9 Å². The highest BCUT2D eigenvalue weighted by atomic mass is 79.9.